The number of carbonyl (C=O) groups excluding carboxylic acids is 1. The zero-order valence-electron chi connectivity index (χ0n) is 22.5. The normalized spacial score (nSPS) is 12.4. The monoisotopic (exact) mass is 524 g/mol. The Balaban J connectivity index is 1.16. The van der Waals surface area contributed by atoms with Gasteiger partial charge in [0.25, 0.3) is 0 Å². The number of benzene rings is 3. The lowest BCUT2D eigenvalue weighted by atomic mass is 10.1. The molecule has 1 aliphatic carbocycles. The number of fused-ring (bicyclic) bond motifs is 1. The molecule has 0 atom stereocenters. The number of aryl methyl sites for hydroxylation is 4. The molecule has 7 heteroatoms. The van der Waals surface area contributed by atoms with Crippen LogP contribution in [0.1, 0.15) is 56.1 Å². The molecule has 39 heavy (non-hydrogen) atoms. The summed E-state index contributed by atoms with van der Waals surface area (Å²) in [6.07, 6.45) is 4.99. The zero-order chi connectivity index (χ0) is 27.2. The molecule has 0 radical (unpaired) electrons. The molecule has 3 aromatic carbocycles. The zero-order valence-corrected chi connectivity index (χ0v) is 22.5. The summed E-state index contributed by atoms with van der Waals surface area (Å²) in [4.78, 5) is 12.5. The van der Waals surface area contributed by atoms with Gasteiger partial charge in [0, 0.05) is 5.56 Å². The Bertz CT molecular complexity index is 1480. The summed E-state index contributed by atoms with van der Waals surface area (Å²) < 4.78 is 23.1. The fourth-order valence-corrected chi connectivity index (χ4v) is 4.76. The van der Waals surface area contributed by atoms with Gasteiger partial charge in [-0.1, -0.05) is 24.3 Å². The molecule has 1 aromatic heterocycles. The average molecular weight is 525 g/mol. The summed E-state index contributed by atoms with van der Waals surface area (Å²) in [7, 11) is 1.63. The second-order valence-electron chi connectivity index (χ2n) is 9.62. The Morgan fingerprint density at radius 3 is 2.59 bits per heavy atom. The van der Waals surface area contributed by atoms with Crippen molar-refractivity contribution in [3.05, 3.63) is 112 Å². The maximum Gasteiger partial charge on any atom is 0.307 e. The van der Waals surface area contributed by atoms with Gasteiger partial charge in [0.05, 0.1) is 13.3 Å². The molecule has 200 valence electrons. The van der Waals surface area contributed by atoms with Crippen LogP contribution in [0, 0.1) is 13.8 Å². The Morgan fingerprint density at radius 1 is 0.949 bits per heavy atom. The molecule has 0 unspecified atom stereocenters. The van der Waals surface area contributed by atoms with Crippen LogP contribution >= 0.6 is 0 Å². The number of nitrogens with zero attached hydrogens (tertiary/aromatic N) is 1. The van der Waals surface area contributed by atoms with Crippen LogP contribution in [0.5, 0.6) is 17.2 Å². The molecule has 7 nitrogen and oxygen atoms in total. The summed E-state index contributed by atoms with van der Waals surface area (Å²) >= 11 is 0. The number of nitrogens with one attached hydrogen (secondary N) is 1. The van der Waals surface area contributed by atoms with Crippen LogP contribution in [-0.2, 0) is 26.1 Å². The van der Waals surface area contributed by atoms with E-state index >= 15 is 0 Å². The summed E-state index contributed by atoms with van der Waals surface area (Å²) in [5, 5.41) is 4.10. The third-order valence-corrected chi connectivity index (χ3v) is 6.80. The van der Waals surface area contributed by atoms with Gasteiger partial charge in [0.2, 0.25) is 0 Å². The third-order valence-electron chi connectivity index (χ3n) is 6.80. The lowest BCUT2D eigenvalue weighted by Gasteiger charge is -2.14. The topological polar surface area (TPSA) is 82.3 Å². The van der Waals surface area contributed by atoms with E-state index in [1.54, 1.807) is 25.5 Å². The Morgan fingerprint density at radius 2 is 1.77 bits per heavy atom. The van der Waals surface area contributed by atoms with Crippen LogP contribution < -0.4 is 19.6 Å². The number of carbonyl (C=O) groups is 1. The minimum Gasteiger partial charge on any atom is -0.496 e. The van der Waals surface area contributed by atoms with Crippen molar-refractivity contribution in [3.63, 3.8) is 0 Å². The fraction of sp³-hybridized carbons (Fsp3) is 0.250. The SMILES string of the molecule is COc1ccc(/C=N/NC(=O)c2ccc(COc3ccc4c(c3)CCC4)o2)cc1COc1c(C)cccc1C. The number of hydrogen-bond donors (Lipinski definition) is 1. The first-order valence-corrected chi connectivity index (χ1v) is 13.0. The standard InChI is InChI=1S/C32H32N2O5/c1-21-6-4-7-22(2)31(21)38-19-26-16-23(10-14-29(26)36-3)18-33-34-32(35)30-15-13-28(39-30)20-37-27-12-11-24-8-5-9-25(24)17-27/h4,6-7,10-18H,5,8-9,19-20H2,1-3H3,(H,34,35)/b33-18+. The van der Waals surface area contributed by atoms with Crippen LogP contribution in [0.2, 0.25) is 0 Å². The van der Waals surface area contributed by atoms with E-state index in [4.69, 9.17) is 18.6 Å². The first-order chi connectivity index (χ1) is 19.0. The minimum atomic E-state index is -0.442. The van der Waals surface area contributed by atoms with Gasteiger partial charge < -0.3 is 18.6 Å². The number of methoxy groups -OCH3 is 1. The predicted molar refractivity (Wildman–Crippen MR) is 150 cm³/mol. The highest BCUT2D eigenvalue weighted by Gasteiger charge is 2.14. The maximum absolute atomic E-state index is 12.5. The molecular formula is C32H32N2O5. The quantitative estimate of drug-likeness (QED) is 0.194. The number of ether oxygens (including phenoxy) is 3. The molecule has 5 rings (SSSR count). The summed E-state index contributed by atoms with van der Waals surface area (Å²) in [5.74, 6) is 2.67. The smallest absolute Gasteiger partial charge is 0.307 e. The van der Waals surface area contributed by atoms with Crippen LogP contribution in [0.4, 0.5) is 0 Å². The molecule has 0 spiro atoms. The molecular weight excluding hydrogens is 492 g/mol. The highest BCUT2D eigenvalue weighted by atomic mass is 16.5. The van der Waals surface area contributed by atoms with Gasteiger partial charge in [0.1, 0.15) is 36.2 Å². The van der Waals surface area contributed by atoms with E-state index in [1.807, 2.05) is 56.3 Å². The molecule has 4 aromatic rings. The van der Waals surface area contributed by atoms with E-state index in [0.29, 0.717) is 18.1 Å². The number of para-hydroxylation sites is 1. The molecule has 1 aliphatic rings. The van der Waals surface area contributed by atoms with Gasteiger partial charge in [-0.3, -0.25) is 4.79 Å². The van der Waals surface area contributed by atoms with Crippen LogP contribution in [0.3, 0.4) is 0 Å². The minimum absolute atomic E-state index is 0.164. The van der Waals surface area contributed by atoms with Gasteiger partial charge in [-0.05, 0) is 103 Å². The van der Waals surface area contributed by atoms with E-state index in [2.05, 4.69) is 22.7 Å². The van der Waals surface area contributed by atoms with Gasteiger partial charge in [-0.25, -0.2) is 5.43 Å². The number of furan rings is 1. The number of hydrogen-bond acceptors (Lipinski definition) is 6. The van der Waals surface area contributed by atoms with E-state index in [-0.39, 0.29) is 12.4 Å². The van der Waals surface area contributed by atoms with Crippen molar-refractivity contribution >= 4 is 12.1 Å². The summed E-state index contributed by atoms with van der Waals surface area (Å²) in [5.41, 5.74) is 9.08. The second kappa shape index (κ2) is 11.9. The fourth-order valence-electron chi connectivity index (χ4n) is 4.76. The first kappa shape index (κ1) is 26.1. The maximum atomic E-state index is 12.5. The Labute approximate surface area is 228 Å². The van der Waals surface area contributed by atoms with Crippen molar-refractivity contribution in [2.45, 2.75) is 46.3 Å². The molecule has 0 aliphatic heterocycles. The molecule has 0 fully saturated rings. The summed E-state index contributed by atoms with van der Waals surface area (Å²) in [6.45, 7) is 4.63. The third kappa shape index (κ3) is 6.32. The van der Waals surface area contributed by atoms with Crippen LogP contribution in [0.25, 0.3) is 0 Å². The van der Waals surface area contributed by atoms with Crippen molar-refractivity contribution in [3.8, 4) is 17.2 Å². The van der Waals surface area contributed by atoms with Crippen molar-refractivity contribution in [1.29, 1.82) is 0 Å². The highest BCUT2D eigenvalue weighted by Crippen LogP contribution is 2.27. The predicted octanol–water partition coefficient (Wildman–Crippen LogP) is 6.32. The van der Waals surface area contributed by atoms with Crippen molar-refractivity contribution < 1.29 is 23.4 Å². The highest BCUT2D eigenvalue weighted by molar-refractivity contribution is 5.92. The first-order valence-electron chi connectivity index (χ1n) is 13.0. The summed E-state index contributed by atoms with van der Waals surface area (Å²) in [6, 6.07) is 21.2. The van der Waals surface area contributed by atoms with Crippen molar-refractivity contribution in [2.75, 3.05) is 7.11 Å². The van der Waals surface area contributed by atoms with Gasteiger partial charge in [0.15, 0.2) is 5.76 Å². The van der Waals surface area contributed by atoms with Crippen molar-refractivity contribution in [1.82, 2.24) is 5.43 Å². The lowest BCUT2D eigenvalue weighted by molar-refractivity contribution is 0.0923. The second-order valence-corrected chi connectivity index (χ2v) is 9.62. The largest absolute Gasteiger partial charge is 0.496 e. The number of hydrazone groups is 1. The molecule has 0 bridgehead atoms. The molecule has 1 heterocycles. The van der Waals surface area contributed by atoms with Gasteiger partial charge in [-0.15, -0.1) is 0 Å². The molecule has 1 amide bonds. The van der Waals surface area contributed by atoms with Crippen molar-refractivity contribution in [2.24, 2.45) is 5.10 Å². The van der Waals surface area contributed by atoms with E-state index in [9.17, 15) is 4.79 Å². The van der Waals surface area contributed by atoms with E-state index in [0.717, 1.165) is 46.6 Å². The number of amides is 1. The molecule has 0 saturated heterocycles. The average Bonchev–Trinajstić information content (AvgIpc) is 3.61. The van der Waals surface area contributed by atoms with Crippen LogP contribution in [-0.4, -0.2) is 19.2 Å². The van der Waals surface area contributed by atoms with Gasteiger partial charge in [-0.2, -0.15) is 5.10 Å². The van der Waals surface area contributed by atoms with E-state index in [1.165, 1.54) is 17.5 Å². The Kier molecular flexibility index (Phi) is 7.96. The molecule has 0 saturated carbocycles. The number of rotatable bonds is 10. The Hall–Kier alpha value is -4.52. The molecule has 1 N–H and O–H groups in total. The lowest BCUT2D eigenvalue weighted by Crippen LogP contribution is -2.16. The van der Waals surface area contributed by atoms with Gasteiger partial charge >= 0.3 is 5.91 Å². The van der Waals surface area contributed by atoms with Crippen LogP contribution in [0.15, 0.2) is 76.2 Å². The van der Waals surface area contributed by atoms with E-state index < -0.39 is 5.91 Å².